The predicted molar refractivity (Wildman–Crippen MR) is 55.7 cm³/mol. The van der Waals surface area contributed by atoms with Crippen LogP contribution in [-0.2, 0) is 17.6 Å². The normalized spacial score (nSPS) is 14.1. The van der Waals surface area contributed by atoms with Crippen molar-refractivity contribution in [2.45, 2.75) is 26.2 Å². The van der Waals surface area contributed by atoms with Crippen LogP contribution >= 0.6 is 0 Å². The quantitative estimate of drug-likeness (QED) is 0.685. The minimum Gasteiger partial charge on any atom is -0.467 e. The lowest BCUT2D eigenvalue weighted by atomic mass is 10.1. The fourth-order valence-corrected chi connectivity index (χ4v) is 2.07. The van der Waals surface area contributed by atoms with E-state index >= 15 is 0 Å². The van der Waals surface area contributed by atoms with Crippen LogP contribution in [0.2, 0.25) is 0 Å². The van der Waals surface area contributed by atoms with Crippen molar-refractivity contribution in [2.24, 2.45) is 0 Å². The summed E-state index contributed by atoms with van der Waals surface area (Å²) in [5, 5.41) is 0. The second kappa shape index (κ2) is 4.01. The Labute approximate surface area is 84.8 Å². The Kier molecular flexibility index (Phi) is 2.73. The van der Waals surface area contributed by atoms with E-state index in [2.05, 4.69) is 19.1 Å². The molecule has 0 heterocycles. The highest BCUT2D eigenvalue weighted by Crippen LogP contribution is 2.33. The summed E-state index contributed by atoms with van der Waals surface area (Å²) in [4.78, 5) is 0. The van der Waals surface area contributed by atoms with E-state index in [1.807, 2.05) is 0 Å². The fourth-order valence-electron chi connectivity index (χ4n) is 2.07. The first-order valence-electron chi connectivity index (χ1n) is 5.06. The van der Waals surface area contributed by atoms with Gasteiger partial charge in [0.15, 0.2) is 6.79 Å². The van der Waals surface area contributed by atoms with Gasteiger partial charge in [-0.1, -0.05) is 12.1 Å². The molecule has 1 aromatic rings. The van der Waals surface area contributed by atoms with Crippen molar-refractivity contribution >= 4 is 0 Å². The zero-order valence-electron chi connectivity index (χ0n) is 8.80. The zero-order valence-corrected chi connectivity index (χ0v) is 8.80. The molecule has 1 aromatic carbocycles. The SMILES string of the molecule is COCOc1c(C)ccc2c1CCC2. The van der Waals surface area contributed by atoms with Crippen LogP contribution in [0.25, 0.3) is 0 Å². The lowest BCUT2D eigenvalue weighted by Gasteiger charge is -2.12. The van der Waals surface area contributed by atoms with Crippen LogP contribution in [-0.4, -0.2) is 13.9 Å². The minimum atomic E-state index is 0.345. The van der Waals surface area contributed by atoms with E-state index in [-0.39, 0.29) is 0 Å². The molecule has 1 aliphatic rings. The molecule has 0 saturated carbocycles. The van der Waals surface area contributed by atoms with Crippen LogP contribution < -0.4 is 4.74 Å². The average molecular weight is 192 g/mol. The van der Waals surface area contributed by atoms with Gasteiger partial charge < -0.3 is 9.47 Å². The Morgan fingerprint density at radius 2 is 2.14 bits per heavy atom. The second-order valence-electron chi connectivity index (χ2n) is 3.75. The number of benzene rings is 1. The van der Waals surface area contributed by atoms with Gasteiger partial charge in [0.05, 0.1) is 0 Å². The van der Waals surface area contributed by atoms with Gasteiger partial charge in [-0.15, -0.1) is 0 Å². The fraction of sp³-hybridized carbons (Fsp3) is 0.500. The van der Waals surface area contributed by atoms with Crippen molar-refractivity contribution in [3.8, 4) is 5.75 Å². The first kappa shape index (κ1) is 9.53. The molecule has 2 nitrogen and oxygen atoms in total. The van der Waals surface area contributed by atoms with Gasteiger partial charge in [0.1, 0.15) is 5.75 Å². The summed E-state index contributed by atoms with van der Waals surface area (Å²) in [6.45, 7) is 2.43. The molecular formula is C12H16O2. The van der Waals surface area contributed by atoms with Crippen LogP contribution in [0.5, 0.6) is 5.75 Å². The highest BCUT2D eigenvalue weighted by molar-refractivity contribution is 5.48. The molecule has 1 aliphatic carbocycles. The molecule has 0 N–H and O–H groups in total. The minimum absolute atomic E-state index is 0.345. The van der Waals surface area contributed by atoms with E-state index < -0.39 is 0 Å². The highest BCUT2D eigenvalue weighted by Gasteiger charge is 2.17. The summed E-state index contributed by atoms with van der Waals surface area (Å²) in [5.74, 6) is 1.04. The highest BCUT2D eigenvalue weighted by atomic mass is 16.7. The third-order valence-corrected chi connectivity index (χ3v) is 2.75. The standard InChI is InChI=1S/C12H16O2/c1-9-6-7-10-4-3-5-11(10)12(9)14-8-13-2/h6-7H,3-5,8H2,1-2H3. The number of methoxy groups -OCH3 is 1. The van der Waals surface area contributed by atoms with Gasteiger partial charge in [-0.3, -0.25) is 0 Å². The summed E-state index contributed by atoms with van der Waals surface area (Å²) in [7, 11) is 1.65. The monoisotopic (exact) mass is 192 g/mol. The number of hydrogen-bond acceptors (Lipinski definition) is 2. The summed E-state index contributed by atoms with van der Waals surface area (Å²) in [6.07, 6.45) is 3.59. The maximum absolute atomic E-state index is 5.61. The molecule has 0 unspecified atom stereocenters. The van der Waals surface area contributed by atoms with Crippen molar-refractivity contribution in [3.05, 3.63) is 28.8 Å². The molecule has 0 aliphatic heterocycles. The van der Waals surface area contributed by atoms with Crippen LogP contribution in [0.1, 0.15) is 23.1 Å². The predicted octanol–water partition coefficient (Wildman–Crippen LogP) is 2.47. The summed E-state index contributed by atoms with van der Waals surface area (Å²) >= 11 is 0. The van der Waals surface area contributed by atoms with Gasteiger partial charge in [-0.25, -0.2) is 0 Å². The average Bonchev–Trinajstić information content (AvgIpc) is 2.64. The molecule has 0 aromatic heterocycles. The third-order valence-electron chi connectivity index (χ3n) is 2.75. The first-order chi connectivity index (χ1) is 6.83. The molecule has 2 heteroatoms. The molecule has 14 heavy (non-hydrogen) atoms. The van der Waals surface area contributed by atoms with Crippen LogP contribution in [0.4, 0.5) is 0 Å². The number of rotatable bonds is 3. The third kappa shape index (κ3) is 1.62. The molecule has 76 valence electrons. The van der Waals surface area contributed by atoms with E-state index in [4.69, 9.17) is 9.47 Å². The topological polar surface area (TPSA) is 18.5 Å². The molecule has 0 atom stereocenters. The molecule has 0 amide bonds. The van der Waals surface area contributed by atoms with Crippen molar-refractivity contribution in [2.75, 3.05) is 13.9 Å². The van der Waals surface area contributed by atoms with Crippen LogP contribution in [0, 0.1) is 6.92 Å². The first-order valence-corrected chi connectivity index (χ1v) is 5.06. The van der Waals surface area contributed by atoms with E-state index in [1.165, 1.54) is 29.5 Å². The van der Waals surface area contributed by atoms with E-state index in [1.54, 1.807) is 7.11 Å². The maximum atomic E-state index is 5.61. The molecule has 2 rings (SSSR count). The Bertz CT molecular complexity index is 331. The number of fused-ring (bicyclic) bond motifs is 1. The van der Waals surface area contributed by atoms with Crippen LogP contribution in [0.15, 0.2) is 12.1 Å². The smallest absolute Gasteiger partial charge is 0.188 e. The maximum Gasteiger partial charge on any atom is 0.188 e. The van der Waals surface area contributed by atoms with Gasteiger partial charge in [0, 0.05) is 7.11 Å². The number of ether oxygens (including phenoxy) is 2. The van der Waals surface area contributed by atoms with Crippen molar-refractivity contribution in [1.29, 1.82) is 0 Å². The molecule has 0 bridgehead atoms. The Hall–Kier alpha value is -1.02. The van der Waals surface area contributed by atoms with Crippen LogP contribution in [0.3, 0.4) is 0 Å². The van der Waals surface area contributed by atoms with Crippen molar-refractivity contribution < 1.29 is 9.47 Å². The second-order valence-corrected chi connectivity index (χ2v) is 3.75. The Balaban J connectivity index is 2.31. The van der Waals surface area contributed by atoms with Gasteiger partial charge >= 0.3 is 0 Å². The van der Waals surface area contributed by atoms with E-state index in [0.717, 1.165) is 12.2 Å². The van der Waals surface area contributed by atoms with Gasteiger partial charge in [0.2, 0.25) is 0 Å². The summed E-state index contributed by atoms with van der Waals surface area (Å²) in [6, 6.07) is 4.35. The lowest BCUT2D eigenvalue weighted by Crippen LogP contribution is -2.03. The van der Waals surface area contributed by atoms with Crippen molar-refractivity contribution in [1.82, 2.24) is 0 Å². The summed E-state index contributed by atoms with van der Waals surface area (Å²) in [5.41, 5.74) is 4.05. The molecule has 0 saturated heterocycles. The van der Waals surface area contributed by atoms with E-state index in [0.29, 0.717) is 6.79 Å². The lowest BCUT2D eigenvalue weighted by molar-refractivity contribution is 0.0500. The van der Waals surface area contributed by atoms with Gasteiger partial charge in [-0.2, -0.15) is 0 Å². The summed E-state index contributed by atoms with van der Waals surface area (Å²) < 4.78 is 10.5. The van der Waals surface area contributed by atoms with Gasteiger partial charge in [0.25, 0.3) is 0 Å². The molecule has 0 radical (unpaired) electrons. The largest absolute Gasteiger partial charge is 0.467 e. The Morgan fingerprint density at radius 3 is 2.93 bits per heavy atom. The molecule has 0 spiro atoms. The number of aryl methyl sites for hydroxylation is 2. The van der Waals surface area contributed by atoms with Crippen molar-refractivity contribution in [3.63, 3.8) is 0 Å². The number of hydrogen-bond donors (Lipinski definition) is 0. The molecular weight excluding hydrogens is 176 g/mol. The Morgan fingerprint density at radius 1 is 1.29 bits per heavy atom. The van der Waals surface area contributed by atoms with E-state index in [9.17, 15) is 0 Å². The molecule has 0 fully saturated rings. The zero-order chi connectivity index (χ0) is 9.97. The van der Waals surface area contributed by atoms with Gasteiger partial charge in [-0.05, 0) is 42.9 Å².